The first-order valence-electron chi connectivity index (χ1n) is 8.96. The van der Waals surface area contributed by atoms with Gasteiger partial charge in [-0.05, 0) is 41.5 Å². The average molecular weight is 373 g/mol. The van der Waals surface area contributed by atoms with Gasteiger partial charge in [-0.3, -0.25) is 9.59 Å². The van der Waals surface area contributed by atoms with E-state index in [-0.39, 0.29) is 11.8 Å². The lowest BCUT2D eigenvalue weighted by molar-refractivity contribution is -0.145. The Balaban J connectivity index is 3.08. The number of methoxy groups -OCH3 is 2. The summed E-state index contributed by atoms with van der Waals surface area (Å²) < 4.78 is 11.0. The maximum Gasteiger partial charge on any atom is 0.253 e. The molecule has 0 radical (unpaired) electrons. The third-order valence-corrected chi connectivity index (χ3v) is 4.82. The smallest absolute Gasteiger partial charge is 0.253 e. The first kappa shape index (κ1) is 22.8. The van der Waals surface area contributed by atoms with E-state index in [1.807, 2.05) is 27.7 Å². The molecule has 1 rings (SSSR count). The summed E-state index contributed by atoms with van der Waals surface area (Å²) in [6, 6.07) is 0. The molecule has 8 nitrogen and oxygen atoms in total. The molecule has 8 heteroatoms. The molecule has 1 aliphatic rings. The van der Waals surface area contributed by atoms with Gasteiger partial charge in [0.2, 0.25) is 0 Å². The lowest BCUT2D eigenvalue weighted by atomic mass is 9.97. The summed E-state index contributed by atoms with van der Waals surface area (Å²) in [5.41, 5.74) is -3.07. The predicted molar refractivity (Wildman–Crippen MR) is 101 cm³/mol. The van der Waals surface area contributed by atoms with Crippen LogP contribution in [-0.2, 0) is 19.1 Å². The van der Waals surface area contributed by atoms with Gasteiger partial charge in [-0.2, -0.15) is 0 Å². The third kappa shape index (κ3) is 5.90. The normalized spacial score (nSPS) is 33.7. The second-order valence-electron chi connectivity index (χ2n) is 8.75. The minimum Gasteiger partial charge on any atom is -0.367 e. The van der Waals surface area contributed by atoms with Gasteiger partial charge in [0, 0.05) is 51.5 Å². The van der Waals surface area contributed by atoms with Crippen molar-refractivity contribution in [2.75, 3.05) is 40.4 Å². The Hall–Kier alpha value is -1.22. The Morgan fingerprint density at radius 3 is 1.23 bits per heavy atom. The van der Waals surface area contributed by atoms with Crippen LogP contribution in [0, 0.1) is 0 Å². The predicted octanol–water partition coefficient (Wildman–Crippen LogP) is -0.221. The molecule has 2 amide bonds. The molecule has 1 aliphatic heterocycles. The highest BCUT2D eigenvalue weighted by Crippen LogP contribution is 2.15. The Labute approximate surface area is 157 Å². The highest BCUT2D eigenvalue weighted by atomic mass is 16.5. The molecular formula is C18H36N4O4. The number of carbonyl (C=O) groups is 2. The van der Waals surface area contributed by atoms with Crippen molar-refractivity contribution in [1.29, 1.82) is 0 Å². The molecule has 0 aliphatic carbocycles. The molecule has 0 spiro atoms. The second kappa shape index (κ2) is 8.21. The second-order valence-corrected chi connectivity index (χ2v) is 8.75. The van der Waals surface area contributed by atoms with E-state index >= 15 is 0 Å². The van der Waals surface area contributed by atoms with Crippen molar-refractivity contribution in [2.45, 2.75) is 63.8 Å². The van der Waals surface area contributed by atoms with Crippen molar-refractivity contribution in [3.63, 3.8) is 0 Å². The van der Waals surface area contributed by atoms with Crippen LogP contribution in [0.25, 0.3) is 0 Å². The summed E-state index contributed by atoms with van der Waals surface area (Å²) in [7, 11) is 3.04. The van der Waals surface area contributed by atoms with Crippen molar-refractivity contribution >= 4 is 11.8 Å². The van der Waals surface area contributed by atoms with Crippen molar-refractivity contribution in [1.82, 2.24) is 21.3 Å². The minimum absolute atomic E-state index is 0.187. The van der Waals surface area contributed by atoms with Crippen LogP contribution < -0.4 is 21.3 Å². The van der Waals surface area contributed by atoms with Gasteiger partial charge in [0.1, 0.15) is 0 Å². The Morgan fingerprint density at radius 1 is 0.654 bits per heavy atom. The molecule has 0 unspecified atom stereocenters. The summed E-state index contributed by atoms with van der Waals surface area (Å²) >= 11 is 0. The van der Waals surface area contributed by atoms with Gasteiger partial charge in [-0.25, -0.2) is 0 Å². The summed E-state index contributed by atoms with van der Waals surface area (Å²) in [4.78, 5) is 25.5. The van der Waals surface area contributed by atoms with E-state index in [1.165, 1.54) is 14.2 Å². The average Bonchev–Trinajstić information content (AvgIpc) is 2.52. The molecule has 152 valence electrons. The van der Waals surface area contributed by atoms with E-state index in [4.69, 9.17) is 9.47 Å². The SMILES string of the molecule is CO[C@]1(C)CNCC(C)(C)NC(=O)[C@](C)(OC)CNCC(C)(C)NC1=O. The molecule has 4 N–H and O–H groups in total. The van der Waals surface area contributed by atoms with Crippen molar-refractivity contribution in [3.8, 4) is 0 Å². The first-order valence-corrected chi connectivity index (χ1v) is 8.96. The van der Waals surface area contributed by atoms with Crippen LogP contribution in [0.15, 0.2) is 0 Å². The fourth-order valence-corrected chi connectivity index (χ4v) is 2.68. The number of hydrogen-bond donors (Lipinski definition) is 4. The maximum atomic E-state index is 12.8. The van der Waals surface area contributed by atoms with E-state index in [0.717, 1.165) is 0 Å². The van der Waals surface area contributed by atoms with Gasteiger partial charge in [0.25, 0.3) is 11.8 Å². The van der Waals surface area contributed by atoms with Gasteiger partial charge in [0.05, 0.1) is 0 Å². The Morgan fingerprint density at radius 2 is 0.962 bits per heavy atom. The van der Waals surface area contributed by atoms with Gasteiger partial charge in [-0.15, -0.1) is 0 Å². The van der Waals surface area contributed by atoms with E-state index < -0.39 is 22.3 Å². The van der Waals surface area contributed by atoms with Crippen LogP contribution in [0.4, 0.5) is 0 Å². The molecular weight excluding hydrogens is 336 g/mol. The number of ether oxygens (including phenoxy) is 2. The minimum atomic E-state index is -1.01. The maximum absolute atomic E-state index is 12.8. The quantitative estimate of drug-likeness (QED) is 0.535. The molecule has 1 heterocycles. The summed E-state index contributed by atoms with van der Waals surface area (Å²) in [6.45, 7) is 12.8. The molecule has 0 bridgehead atoms. The summed E-state index contributed by atoms with van der Waals surface area (Å²) in [5.74, 6) is -0.375. The highest BCUT2D eigenvalue weighted by Gasteiger charge is 2.39. The van der Waals surface area contributed by atoms with Crippen molar-refractivity contribution in [3.05, 3.63) is 0 Å². The van der Waals surface area contributed by atoms with Gasteiger partial charge in [-0.1, -0.05) is 0 Å². The zero-order valence-corrected chi connectivity index (χ0v) is 17.5. The molecule has 1 fully saturated rings. The molecule has 0 saturated carbocycles. The Bertz CT molecular complexity index is 477. The van der Waals surface area contributed by atoms with Gasteiger partial charge >= 0.3 is 0 Å². The zero-order valence-electron chi connectivity index (χ0n) is 17.5. The molecule has 0 aromatic rings. The zero-order chi connectivity index (χ0) is 20.2. The van der Waals surface area contributed by atoms with Crippen LogP contribution in [0.5, 0.6) is 0 Å². The number of rotatable bonds is 2. The summed E-state index contributed by atoms with van der Waals surface area (Å²) in [5, 5.41) is 12.5. The van der Waals surface area contributed by atoms with Crippen molar-refractivity contribution in [2.24, 2.45) is 0 Å². The molecule has 0 aromatic heterocycles. The lowest BCUT2D eigenvalue weighted by Crippen LogP contribution is -2.64. The fraction of sp³-hybridized carbons (Fsp3) is 0.889. The van der Waals surface area contributed by atoms with E-state index in [9.17, 15) is 9.59 Å². The summed E-state index contributed by atoms with van der Waals surface area (Å²) in [6.07, 6.45) is 0. The topological polar surface area (TPSA) is 101 Å². The van der Waals surface area contributed by atoms with Crippen LogP contribution >= 0.6 is 0 Å². The molecule has 2 atom stereocenters. The van der Waals surface area contributed by atoms with Crippen LogP contribution in [0.3, 0.4) is 0 Å². The van der Waals surface area contributed by atoms with Crippen LogP contribution in [0.2, 0.25) is 0 Å². The standard InChI is InChI=1S/C18H36N4O4/c1-15(2)9-19-11-18(6,26-8)14(24)22-16(3,4)10-20-12-17(5,25-7)13(23)21-15/h19-20H,9-12H2,1-8H3,(H,21,23)(H,22,24)/t17-,18-/m1/s1. The Kier molecular flexibility index (Phi) is 7.20. The first-order chi connectivity index (χ1) is 11.8. The number of nitrogens with one attached hydrogen (secondary N) is 4. The highest BCUT2D eigenvalue weighted by molar-refractivity contribution is 5.86. The number of amides is 2. The van der Waals surface area contributed by atoms with E-state index in [1.54, 1.807) is 13.8 Å². The largest absolute Gasteiger partial charge is 0.367 e. The molecule has 1 saturated heterocycles. The van der Waals surface area contributed by atoms with Crippen LogP contribution in [0.1, 0.15) is 41.5 Å². The number of hydrogen-bond acceptors (Lipinski definition) is 6. The van der Waals surface area contributed by atoms with Gasteiger partial charge in [0.15, 0.2) is 11.2 Å². The van der Waals surface area contributed by atoms with Gasteiger partial charge < -0.3 is 30.7 Å². The fourth-order valence-electron chi connectivity index (χ4n) is 2.68. The van der Waals surface area contributed by atoms with Crippen LogP contribution in [-0.4, -0.2) is 74.5 Å². The van der Waals surface area contributed by atoms with Crippen molar-refractivity contribution < 1.29 is 19.1 Å². The van der Waals surface area contributed by atoms with E-state index in [2.05, 4.69) is 21.3 Å². The molecule has 26 heavy (non-hydrogen) atoms. The lowest BCUT2D eigenvalue weighted by Gasteiger charge is -2.38. The third-order valence-electron chi connectivity index (χ3n) is 4.82. The molecule has 0 aromatic carbocycles. The monoisotopic (exact) mass is 372 g/mol. The number of carbonyl (C=O) groups excluding carboxylic acids is 2. The van der Waals surface area contributed by atoms with E-state index in [0.29, 0.717) is 26.2 Å².